The number of fused-ring (bicyclic) bond motifs is 1. The van der Waals surface area contributed by atoms with Crippen LogP contribution in [-0.4, -0.2) is 19.2 Å². The van der Waals surface area contributed by atoms with Gasteiger partial charge in [-0.3, -0.25) is 19.6 Å². The van der Waals surface area contributed by atoms with Crippen LogP contribution < -0.4 is 10.0 Å². The Bertz CT molecular complexity index is 969. The average molecular weight is 347 g/mol. The van der Waals surface area contributed by atoms with Crippen molar-refractivity contribution in [2.75, 3.05) is 4.72 Å². The van der Waals surface area contributed by atoms with Gasteiger partial charge in [-0.1, -0.05) is 12.1 Å². The standard InChI is InChI=1S/C15H13N3O5S/c1-9-2-5-12(18(20)21)7-14(9)24(22,23)17-11-4-3-10-8-16-15(19)13(10)6-11/h2-7,17H,8H2,1H3,(H,16,19). The van der Waals surface area contributed by atoms with E-state index in [1.807, 2.05) is 0 Å². The molecule has 0 saturated heterocycles. The van der Waals surface area contributed by atoms with Crippen LogP contribution in [0.4, 0.5) is 11.4 Å². The highest BCUT2D eigenvalue weighted by molar-refractivity contribution is 7.92. The molecule has 24 heavy (non-hydrogen) atoms. The van der Waals surface area contributed by atoms with E-state index in [1.165, 1.54) is 18.2 Å². The van der Waals surface area contributed by atoms with Crippen LogP contribution in [0.3, 0.4) is 0 Å². The number of benzene rings is 2. The summed E-state index contributed by atoms with van der Waals surface area (Å²) in [6.45, 7) is 1.96. The van der Waals surface area contributed by atoms with Crippen LogP contribution in [0.2, 0.25) is 0 Å². The number of nitrogens with one attached hydrogen (secondary N) is 2. The second-order valence-corrected chi connectivity index (χ2v) is 7.02. The van der Waals surface area contributed by atoms with E-state index in [2.05, 4.69) is 10.0 Å². The minimum atomic E-state index is -4.02. The predicted molar refractivity (Wildman–Crippen MR) is 86.3 cm³/mol. The second kappa shape index (κ2) is 5.60. The molecule has 0 spiro atoms. The Kier molecular flexibility index (Phi) is 3.72. The SMILES string of the molecule is Cc1ccc([N+](=O)[O-])cc1S(=O)(=O)Nc1ccc2c(c1)C(=O)NC2. The number of rotatable bonds is 4. The van der Waals surface area contributed by atoms with Gasteiger partial charge >= 0.3 is 0 Å². The van der Waals surface area contributed by atoms with Crippen LogP contribution in [0, 0.1) is 17.0 Å². The Morgan fingerprint density at radius 1 is 1.21 bits per heavy atom. The normalized spacial score (nSPS) is 13.3. The maximum absolute atomic E-state index is 12.5. The van der Waals surface area contributed by atoms with Crippen molar-refractivity contribution in [1.82, 2.24) is 5.32 Å². The Morgan fingerprint density at radius 3 is 2.67 bits per heavy atom. The molecule has 0 aliphatic carbocycles. The van der Waals surface area contributed by atoms with Gasteiger partial charge in [0, 0.05) is 29.9 Å². The third kappa shape index (κ3) is 2.81. The molecule has 0 aromatic heterocycles. The minimum Gasteiger partial charge on any atom is -0.348 e. The lowest BCUT2D eigenvalue weighted by molar-refractivity contribution is -0.385. The number of nitrogens with zero attached hydrogens (tertiary/aromatic N) is 1. The van der Waals surface area contributed by atoms with Crippen molar-refractivity contribution in [3.63, 3.8) is 0 Å². The molecule has 1 aliphatic heterocycles. The van der Waals surface area contributed by atoms with E-state index in [-0.39, 0.29) is 22.2 Å². The molecule has 2 N–H and O–H groups in total. The van der Waals surface area contributed by atoms with Gasteiger partial charge in [0.2, 0.25) is 0 Å². The summed E-state index contributed by atoms with van der Waals surface area (Å²) in [5, 5.41) is 13.5. The number of sulfonamides is 1. The first-order valence-corrected chi connectivity index (χ1v) is 8.45. The third-order valence-electron chi connectivity index (χ3n) is 3.72. The fraction of sp³-hybridized carbons (Fsp3) is 0.133. The Morgan fingerprint density at radius 2 is 1.96 bits per heavy atom. The highest BCUT2D eigenvalue weighted by Crippen LogP contribution is 2.26. The van der Waals surface area contributed by atoms with Gasteiger partial charge in [-0.05, 0) is 30.2 Å². The molecule has 9 heteroatoms. The zero-order valence-corrected chi connectivity index (χ0v) is 13.4. The van der Waals surface area contributed by atoms with E-state index in [1.54, 1.807) is 19.1 Å². The molecule has 124 valence electrons. The summed E-state index contributed by atoms with van der Waals surface area (Å²) in [4.78, 5) is 21.7. The molecular weight excluding hydrogens is 334 g/mol. The molecular formula is C15H13N3O5S. The maximum Gasteiger partial charge on any atom is 0.270 e. The van der Waals surface area contributed by atoms with Gasteiger partial charge < -0.3 is 5.32 Å². The summed E-state index contributed by atoms with van der Waals surface area (Å²) in [5.41, 5.74) is 1.48. The van der Waals surface area contributed by atoms with Gasteiger partial charge in [-0.2, -0.15) is 0 Å². The molecule has 0 bridgehead atoms. The van der Waals surface area contributed by atoms with Gasteiger partial charge in [0.15, 0.2) is 0 Å². The summed E-state index contributed by atoms with van der Waals surface area (Å²) in [6, 6.07) is 8.28. The van der Waals surface area contributed by atoms with Crippen LogP contribution in [-0.2, 0) is 16.6 Å². The fourth-order valence-electron chi connectivity index (χ4n) is 2.48. The van der Waals surface area contributed by atoms with Gasteiger partial charge in [-0.25, -0.2) is 8.42 Å². The van der Waals surface area contributed by atoms with E-state index in [0.29, 0.717) is 17.7 Å². The lowest BCUT2D eigenvalue weighted by Gasteiger charge is -2.11. The van der Waals surface area contributed by atoms with Crippen molar-refractivity contribution in [3.8, 4) is 0 Å². The quantitative estimate of drug-likeness (QED) is 0.647. The Balaban J connectivity index is 1.98. The van der Waals surface area contributed by atoms with Crippen LogP contribution in [0.5, 0.6) is 0 Å². The summed E-state index contributed by atoms with van der Waals surface area (Å²) in [6.07, 6.45) is 0. The lowest BCUT2D eigenvalue weighted by Crippen LogP contribution is -2.15. The number of hydrogen-bond acceptors (Lipinski definition) is 5. The van der Waals surface area contributed by atoms with Crippen molar-refractivity contribution >= 4 is 27.3 Å². The number of hydrogen-bond donors (Lipinski definition) is 2. The van der Waals surface area contributed by atoms with Gasteiger partial charge in [0.05, 0.1) is 9.82 Å². The molecule has 2 aromatic rings. The van der Waals surface area contributed by atoms with Crippen molar-refractivity contribution in [2.45, 2.75) is 18.4 Å². The van der Waals surface area contributed by atoms with Crippen LogP contribution >= 0.6 is 0 Å². The summed E-state index contributed by atoms with van der Waals surface area (Å²) in [7, 11) is -4.02. The van der Waals surface area contributed by atoms with Crippen molar-refractivity contribution in [1.29, 1.82) is 0 Å². The highest BCUT2D eigenvalue weighted by atomic mass is 32.2. The van der Waals surface area contributed by atoms with Crippen molar-refractivity contribution < 1.29 is 18.1 Å². The zero-order valence-electron chi connectivity index (χ0n) is 12.6. The van der Waals surface area contributed by atoms with E-state index < -0.39 is 14.9 Å². The molecule has 3 rings (SSSR count). The zero-order chi connectivity index (χ0) is 17.5. The number of nitro benzene ring substituents is 1. The molecule has 0 saturated carbocycles. The molecule has 1 amide bonds. The van der Waals surface area contributed by atoms with E-state index in [0.717, 1.165) is 11.6 Å². The molecule has 0 unspecified atom stereocenters. The van der Waals surface area contributed by atoms with Crippen LogP contribution in [0.15, 0.2) is 41.3 Å². The van der Waals surface area contributed by atoms with Crippen molar-refractivity contribution in [3.05, 3.63) is 63.2 Å². The fourth-order valence-corrected chi connectivity index (χ4v) is 3.79. The van der Waals surface area contributed by atoms with E-state index in [9.17, 15) is 23.3 Å². The smallest absolute Gasteiger partial charge is 0.270 e. The number of nitro groups is 1. The second-order valence-electron chi connectivity index (χ2n) is 5.37. The van der Waals surface area contributed by atoms with E-state index in [4.69, 9.17) is 0 Å². The Labute approximate surface area is 137 Å². The van der Waals surface area contributed by atoms with E-state index >= 15 is 0 Å². The molecule has 2 aromatic carbocycles. The first-order valence-electron chi connectivity index (χ1n) is 6.97. The van der Waals surface area contributed by atoms with Gasteiger partial charge in [-0.15, -0.1) is 0 Å². The maximum atomic E-state index is 12.5. The average Bonchev–Trinajstić information content (AvgIpc) is 2.88. The van der Waals surface area contributed by atoms with Crippen molar-refractivity contribution in [2.24, 2.45) is 0 Å². The number of carbonyl (C=O) groups is 1. The lowest BCUT2D eigenvalue weighted by atomic mass is 10.1. The summed E-state index contributed by atoms with van der Waals surface area (Å²) < 4.78 is 27.5. The summed E-state index contributed by atoms with van der Waals surface area (Å²) >= 11 is 0. The molecule has 1 aliphatic rings. The third-order valence-corrected chi connectivity index (χ3v) is 5.24. The number of amides is 1. The minimum absolute atomic E-state index is 0.179. The predicted octanol–water partition coefficient (Wildman–Crippen LogP) is 1.95. The number of aryl methyl sites for hydroxylation is 1. The Hall–Kier alpha value is -2.94. The number of anilines is 1. The first kappa shape index (κ1) is 15.9. The first-order chi connectivity index (χ1) is 11.3. The largest absolute Gasteiger partial charge is 0.348 e. The number of non-ortho nitro benzene ring substituents is 1. The highest BCUT2D eigenvalue weighted by Gasteiger charge is 2.23. The van der Waals surface area contributed by atoms with Crippen LogP contribution in [0.25, 0.3) is 0 Å². The molecule has 0 radical (unpaired) electrons. The topological polar surface area (TPSA) is 118 Å². The van der Waals surface area contributed by atoms with Gasteiger partial charge in [0.25, 0.3) is 21.6 Å². The monoisotopic (exact) mass is 347 g/mol. The number of carbonyl (C=O) groups excluding carboxylic acids is 1. The molecule has 0 atom stereocenters. The van der Waals surface area contributed by atoms with Gasteiger partial charge in [0.1, 0.15) is 0 Å². The molecule has 1 heterocycles. The molecule has 8 nitrogen and oxygen atoms in total. The van der Waals surface area contributed by atoms with Crippen LogP contribution in [0.1, 0.15) is 21.5 Å². The summed E-state index contributed by atoms with van der Waals surface area (Å²) in [5.74, 6) is -0.266. The molecule has 0 fully saturated rings.